The third-order valence-corrected chi connectivity index (χ3v) is 3.97. The molecule has 0 saturated carbocycles. The molecular formula is C16H20ClFN2O. The van der Waals surface area contributed by atoms with Gasteiger partial charge in [0.25, 0.3) is 0 Å². The molecule has 1 aromatic carbocycles. The summed E-state index contributed by atoms with van der Waals surface area (Å²) >= 11 is 0. The van der Waals surface area contributed by atoms with Crippen LogP contribution in [0.3, 0.4) is 0 Å². The molecule has 3 nitrogen and oxygen atoms in total. The summed E-state index contributed by atoms with van der Waals surface area (Å²) in [5.41, 5.74) is 0. The van der Waals surface area contributed by atoms with Gasteiger partial charge in [0.1, 0.15) is 6.10 Å². The highest BCUT2D eigenvalue weighted by atomic mass is 35.5. The standard InChI is InChI=1S/C16H19FN2O.ClH/c1-2-19-7-4-14(5-8-19)20-16-10-12-3-6-18-11-13(12)9-15(16)17;/h3,6,9-11,14H,2,4-5,7-8H2,1H3;1H. The van der Waals surface area contributed by atoms with Crippen molar-refractivity contribution in [3.05, 3.63) is 36.4 Å². The zero-order valence-corrected chi connectivity index (χ0v) is 12.9. The summed E-state index contributed by atoms with van der Waals surface area (Å²) in [5, 5.41) is 1.76. The van der Waals surface area contributed by atoms with Crippen molar-refractivity contribution in [1.82, 2.24) is 9.88 Å². The molecule has 2 aromatic rings. The van der Waals surface area contributed by atoms with Gasteiger partial charge in [0.05, 0.1) is 0 Å². The minimum atomic E-state index is -0.302. The van der Waals surface area contributed by atoms with Crippen molar-refractivity contribution in [3.63, 3.8) is 0 Å². The van der Waals surface area contributed by atoms with Crippen LogP contribution in [0.4, 0.5) is 4.39 Å². The van der Waals surface area contributed by atoms with Gasteiger partial charge in [0.2, 0.25) is 0 Å². The molecule has 0 N–H and O–H groups in total. The van der Waals surface area contributed by atoms with Crippen LogP contribution in [-0.4, -0.2) is 35.6 Å². The summed E-state index contributed by atoms with van der Waals surface area (Å²) in [7, 11) is 0. The number of fused-ring (bicyclic) bond motifs is 1. The maximum Gasteiger partial charge on any atom is 0.165 e. The molecule has 0 unspecified atom stereocenters. The average molecular weight is 311 g/mol. The van der Waals surface area contributed by atoms with E-state index in [1.807, 2.05) is 6.07 Å². The third-order valence-electron chi connectivity index (χ3n) is 3.97. The SMILES string of the molecule is CCN1CCC(Oc2cc3ccncc3cc2F)CC1.Cl. The van der Waals surface area contributed by atoms with Crippen molar-refractivity contribution in [2.45, 2.75) is 25.9 Å². The minimum Gasteiger partial charge on any atom is -0.487 e. The van der Waals surface area contributed by atoms with Crippen LogP contribution in [0.15, 0.2) is 30.6 Å². The summed E-state index contributed by atoms with van der Waals surface area (Å²) in [5.74, 6) is 0.0575. The molecule has 2 heterocycles. The third kappa shape index (κ3) is 3.63. The quantitative estimate of drug-likeness (QED) is 0.865. The van der Waals surface area contributed by atoms with Gasteiger partial charge < -0.3 is 9.64 Å². The number of hydrogen-bond acceptors (Lipinski definition) is 3. The number of aromatic nitrogens is 1. The highest BCUT2D eigenvalue weighted by Crippen LogP contribution is 2.27. The molecule has 1 fully saturated rings. The van der Waals surface area contributed by atoms with E-state index in [4.69, 9.17) is 4.74 Å². The smallest absolute Gasteiger partial charge is 0.165 e. The first kappa shape index (κ1) is 16.0. The molecule has 3 rings (SSSR count). The predicted octanol–water partition coefficient (Wildman–Crippen LogP) is 3.66. The molecule has 1 aromatic heterocycles. The van der Waals surface area contributed by atoms with Crippen molar-refractivity contribution in [2.24, 2.45) is 0 Å². The normalized spacial score (nSPS) is 16.7. The van der Waals surface area contributed by atoms with Gasteiger partial charge in [0.15, 0.2) is 11.6 Å². The molecule has 0 bridgehead atoms. The molecule has 5 heteroatoms. The zero-order valence-electron chi connectivity index (χ0n) is 12.1. The number of pyridine rings is 1. The molecule has 0 spiro atoms. The van der Waals surface area contributed by atoms with E-state index in [2.05, 4.69) is 16.8 Å². The monoisotopic (exact) mass is 310 g/mol. The van der Waals surface area contributed by atoms with Crippen LogP contribution in [0.2, 0.25) is 0 Å². The van der Waals surface area contributed by atoms with Crippen molar-refractivity contribution in [2.75, 3.05) is 19.6 Å². The Morgan fingerprint density at radius 3 is 2.76 bits per heavy atom. The molecule has 0 atom stereocenters. The molecule has 1 aliphatic heterocycles. The Morgan fingerprint density at radius 1 is 1.29 bits per heavy atom. The number of benzene rings is 1. The van der Waals surface area contributed by atoms with E-state index in [1.165, 1.54) is 6.07 Å². The second kappa shape index (κ2) is 7.05. The molecule has 21 heavy (non-hydrogen) atoms. The van der Waals surface area contributed by atoms with Gasteiger partial charge >= 0.3 is 0 Å². The first-order chi connectivity index (χ1) is 9.76. The lowest BCUT2D eigenvalue weighted by Crippen LogP contribution is -2.38. The van der Waals surface area contributed by atoms with E-state index < -0.39 is 0 Å². The number of nitrogens with zero attached hydrogens (tertiary/aromatic N) is 2. The summed E-state index contributed by atoms with van der Waals surface area (Å²) < 4.78 is 19.9. The summed E-state index contributed by atoms with van der Waals surface area (Å²) in [6.45, 7) is 5.29. The summed E-state index contributed by atoms with van der Waals surface area (Å²) in [6.07, 6.45) is 5.42. The zero-order chi connectivity index (χ0) is 13.9. The number of halogens is 2. The van der Waals surface area contributed by atoms with E-state index >= 15 is 0 Å². The summed E-state index contributed by atoms with van der Waals surface area (Å²) in [4.78, 5) is 6.40. The summed E-state index contributed by atoms with van der Waals surface area (Å²) in [6, 6.07) is 5.15. The lowest BCUT2D eigenvalue weighted by atomic mass is 10.1. The van der Waals surface area contributed by atoms with Crippen LogP contribution in [0.25, 0.3) is 10.8 Å². The average Bonchev–Trinajstić information content (AvgIpc) is 2.49. The van der Waals surface area contributed by atoms with Gasteiger partial charge in [-0.2, -0.15) is 0 Å². The molecule has 1 aliphatic rings. The van der Waals surface area contributed by atoms with E-state index in [9.17, 15) is 4.39 Å². The van der Waals surface area contributed by atoms with Crippen molar-refractivity contribution in [3.8, 4) is 5.75 Å². The second-order valence-corrected chi connectivity index (χ2v) is 5.26. The molecular weight excluding hydrogens is 291 g/mol. The van der Waals surface area contributed by atoms with Gasteiger partial charge in [-0.15, -0.1) is 12.4 Å². The fourth-order valence-corrected chi connectivity index (χ4v) is 2.70. The van der Waals surface area contributed by atoms with Gasteiger partial charge in [-0.1, -0.05) is 6.92 Å². The highest BCUT2D eigenvalue weighted by Gasteiger charge is 2.20. The molecule has 0 amide bonds. The lowest BCUT2D eigenvalue weighted by molar-refractivity contribution is 0.100. The van der Waals surface area contributed by atoms with Gasteiger partial charge in [-0.3, -0.25) is 4.98 Å². The molecule has 0 radical (unpaired) electrons. The van der Waals surface area contributed by atoms with Crippen LogP contribution in [-0.2, 0) is 0 Å². The fraction of sp³-hybridized carbons (Fsp3) is 0.438. The van der Waals surface area contributed by atoms with Crippen LogP contribution in [0, 0.1) is 5.82 Å². The first-order valence-electron chi connectivity index (χ1n) is 7.18. The van der Waals surface area contributed by atoms with E-state index in [0.717, 1.165) is 43.2 Å². The van der Waals surface area contributed by atoms with Crippen LogP contribution >= 0.6 is 12.4 Å². The van der Waals surface area contributed by atoms with Gasteiger partial charge in [-0.05, 0) is 43.0 Å². The number of hydrogen-bond donors (Lipinski definition) is 0. The number of likely N-dealkylation sites (tertiary alicyclic amines) is 1. The van der Waals surface area contributed by atoms with Gasteiger partial charge in [-0.25, -0.2) is 4.39 Å². The Labute approximate surface area is 130 Å². The molecule has 1 saturated heterocycles. The lowest BCUT2D eigenvalue weighted by Gasteiger charge is -2.31. The van der Waals surface area contributed by atoms with E-state index in [0.29, 0.717) is 5.75 Å². The van der Waals surface area contributed by atoms with E-state index in [-0.39, 0.29) is 24.3 Å². The maximum absolute atomic E-state index is 14.1. The number of ether oxygens (including phenoxy) is 1. The molecule has 114 valence electrons. The van der Waals surface area contributed by atoms with Crippen LogP contribution < -0.4 is 4.74 Å². The van der Waals surface area contributed by atoms with Gasteiger partial charge in [0, 0.05) is 30.9 Å². The van der Waals surface area contributed by atoms with Crippen LogP contribution in [0.1, 0.15) is 19.8 Å². The van der Waals surface area contributed by atoms with Crippen molar-refractivity contribution >= 4 is 23.2 Å². The topological polar surface area (TPSA) is 25.4 Å². The minimum absolute atomic E-state index is 0. The van der Waals surface area contributed by atoms with Crippen LogP contribution in [0.5, 0.6) is 5.75 Å². The highest BCUT2D eigenvalue weighted by molar-refractivity contribution is 5.85. The largest absolute Gasteiger partial charge is 0.487 e. The first-order valence-corrected chi connectivity index (χ1v) is 7.18. The number of rotatable bonds is 3. The Hall–Kier alpha value is -1.39. The second-order valence-electron chi connectivity index (χ2n) is 5.26. The van der Waals surface area contributed by atoms with E-state index in [1.54, 1.807) is 18.5 Å². The molecule has 0 aliphatic carbocycles. The Balaban J connectivity index is 0.00000161. The Kier molecular flexibility index (Phi) is 5.37. The predicted molar refractivity (Wildman–Crippen MR) is 84.7 cm³/mol. The Morgan fingerprint density at radius 2 is 2.05 bits per heavy atom. The van der Waals surface area contributed by atoms with Crippen molar-refractivity contribution in [1.29, 1.82) is 0 Å². The van der Waals surface area contributed by atoms with Crippen molar-refractivity contribution < 1.29 is 9.13 Å². The maximum atomic E-state index is 14.1. The Bertz CT molecular complexity index is 600. The fourth-order valence-electron chi connectivity index (χ4n) is 2.70. The number of piperidine rings is 1.